The monoisotopic (exact) mass is 413 g/mol. The summed E-state index contributed by atoms with van der Waals surface area (Å²) < 4.78 is 33.4. The van der Waals surface area contributed by atoms with E-state index in [0.717, 1.165) is 21.5 Å². The first kappa shape index (κ1) is 16.8. The van der Waals surface area contributed by atoms with Gasteiger partial charge in [-0.3, -0.25) is 0 Å². The zero-order valence-electron chi connectivity index (χ0n) is 12.5. The standard InChI is InChI=1S/C16H16BrNO3S2/c1-21-14-7-5-12(6-8-14)16-18(9-10-22-16)23(19,20)15-4-2-3-13(17)11-15/h2-8,11,16H,9-10H2,1H3/t16-/m0/s1. The summed E-state index contributed by atoms with van der Waals surface area (Å²) in [6, 6.07) is 14.4. The highest BCUT2D eigenvalue weighted by atomic mass is 79.9. The number of benzene rings is 2. The second kappa shape index (κ2) is 6.84. The van der Waals surface area contributed by atoms with Crippen LogP contribution in [0.25, 0.3) is 0 Å². The van der Waals surface area contributed by atoms with Gasteiger partial charge in [0.25, 0.3) is 0 Å². The van der Waals surface area contributed by atoms with Crippen molar-refractivity contribution in [3.05, 3.63) is 58.6 Å². The van der Waals surface area contributed by atoms with Crippen LogP contribution in [0.15, 0.2) is 57.9 Å². The third-order valence-electron chi connectivity index (χ3n) is 3.65. The summed E-state index contributed by atoms with van der Waals surface area (Å²) in [5.74, 6) is 1.54. The lowest BCUT2D eigenvalue weighted by Gasteiger charge is -2.23. The Labute approximate surface area is 149 Å². The van der Waals surface area contributed by atoms with E-state index in [-0.39, 0.29) is 5.37 Å². The molecule has 122 valence electrons. The molecule has 3 rings (SSSR count). The number of thioether (sulfide) groups is 1. The molecule has 0 saturated carbocycles. The summed E-state index contributed by atoms with van der Waals surface area (Å²) in [5.41, 5.74) is 0.965. The third kappa shape index (κ3) is 3.42. The molecule has 1 atom stereocenters. The van der Waals surface area contributed by atoms with Crippen LogP contribution in [-0.2, 0) is 10.0 Å². The normalized spacial score (nSPS) is 19.0. The zero-order chi connectivity index (χ0) is 16.4. The highest BCUT2D eigenvalue weighted by Crippen LogP contribution is 2.41. The molecule has 1 heterocycles. The highest BCUT2D eigenvalue weighted by molar-refractivity contribution is 9.10. The minimum atomic E-state index is -3.52. The van der Waals surface area contributed by atoms with E-state index in [2.05, 4.69) is 15.9 Å². The Morgan fingerprint density at radius 2 is 1.96 bits per heavy atom. The second-order valence-corrected chi connectivity index (χ2v) is 9.06. The minimum absolute atomic E-state index is 0.204. The van der Waals surface area contributed by atoms with Crippen LogP contribution in [0.4, 0.5) is 0 Å². The Hall–Kier alpha value is -1.02. The van der Waals surface area contributed by atoms with Crippen molar-refractivity contribution in [1.82, 2.24) is 4.31 Å². The number of ether oxygens (including phenoxy) is 1. The molecule has 0 aliphatic carbocycles. The van der Waals surface area contributed by atoms with Crippen molar-refractivity contribution in [2.24, 2.45) is 0 Å². The molecule has 0 N–H and O–H groups in total. The van der Waals surface area contributed by atoms with Crippen LogP contribution in [0, 0.1) is 0 Å². The Bertz CT molecular complexity index is 793. The van der Waals surface area contributed by atoms with Crippen LogP contribution in [-0.4, -0.2) is 32.1 Å². The first-order valence-corrected chi connectivity index (χ1v) is 10.3. The smallest absolute Gasteiger partial charge is 0.244 e. The fraction of sp³-hybridized carbons (Fsp3) is 0.250. The molecule has 0 aromatic heterocycles. The maximum Gasteiger partial charge on any atom is 0.244 e. The van der Waals surface area contributed by atoms with Crippen molar-refractivity contribution in [1.29, 1.82) is 0 Å². The lowest BCUT2D eigenvalue weighted by molar-refractivity contribution is 0.413. The Balaban J connectivity index is 1.94. The molecule has 2 aromatic carbocycles. The van der Waals surface area contributed by atoms with E-state index in [1.807, 2.05) is 30.3 Å². The molecule has 23 heavy (non-hydrogen) atoms. The Morgan fingerprint density at radius 1 is 1.22 bits per heavy atom. The van der Waals surface area contributed by atoms with Crippen molar-refractivity contribution in [3.8, 4) is 5.75 Å². The van der Waals surface area contributed by atoms with E-state index in [1.54, 1.807) is 41.4 Å². The van der Waals surface area contributed by atoms with E-state index < -0.39 is 10.0 Å². The molecule has 0 unspecified atom stereocenters. The first-order valence-electron chi connectivity index (χ1n) is 7.05. The van der Waals surface area contributed by atoms with Crippen LogP contribution in [0.5, 0.6) is 5.75 Å². The van der Waals surface area contributed by atoms with Gasteiger partial charge in [0.1, 0.15) is 5.75 Å². The van der Waals surface area contributed by atoms with E-state index in [1.165, 1.54) is 0 Å². The third-order valence-corrected chi connectivity index (χ3v) is 7.40. The number of halogens is 1. The number of hydrogen-bond donors (Lipinski definition) is 0. The number of hydrogen-bond acceptors (Lipinski definition) is 4. The Morgan fingerprint density at radius 3 is 2.61 bits per heavy atom. The average molecular weight is 414 g/mol. The summed E-state index contributed by atoms with van der Waals surface area (Å²) >= 11 is 4.97. The van der Waals surface area contributed by atoms with Gasteiger partial charge in [0.05, 0.1) is 17.4 Å². The molecule has 1 aliphatic rings. The van der Waals surface area contributed by atoms with Gasteiger partial charge in [0.15, 0.2) is 0 Å². The molecule has 0 amide bonds. The molecule has 0 spiro atoms. The summed E-state index contributed by atoms with van der Waals surface area (Å²) in [6.07, 6.45) is 0. The van der Waals surface area contributed by atoms with Crippen molar-refractivity contribution < 1.29 is 13.2 Å². The summed E-state index contributed by atoms with van der Waals surface area (Å²) in [7, 11) is -1.91. The quantitative estimate of drug-likeness (QED) is 0.762. The van der Waals surface area contributed by atoms with E-state index in [9.17, 15) is 8.42 Å². The van der Waals surface area contributed by atoms with Crippen LogP contribution in [0.3, 0.4) is 0 Å². The van der Waals surface area contributed by atoms with Gasteiger partial charge >= 0.3 is 0 Å². The lowest BCUT2D eigenvalue weighted by atomic mass is 10.2. The molecular formula is C16H16BrNO3S2. The molecule has 1 fully saturated rings. The molecule has 4 nitrogen and oxygen atoms in total. The molecule has 7 heteroatoms. The van der Waals surface area contributed by atoms with Gasteiger partial charge in [-0.1, -0.05) is 34.1 Å². The van der Waals surface area contributed by atoms with E-state index in [0.29, 0.717) is 11.4 Å². The zero-order valence-corrected chi connectivity index (χ0v) is 15.7. The predicted molar refractivity (Wildman–Crippen MR) is 96.2 cm³/mol. The molecule has 2 aromatic rings. The van der Waals surface area contributed by atoms with E-state index >= 15 is 0 Å². The van der Waals surface area contributed by atoms with Gasteiger partial charge in [-0.05, 0) is 35.9 Å². The molecule has 1 aliphatic heterocycles. The predicted octanol–water partition coefficient (Wildman–Crippen LogP) is 3.89. The van der Waals surface area contributed by atoms with Gasteiger partial charge in [0.2, 0.25) is 10.0 Å². The number of rotatable bonds is 4. The fourth-order valence-electron chi connectivity index (χ4n) is 2.49. The minimum Gasteiger partial charge on any atom is -0.497 e. The van der Waals surface area contributed by atoms with Gasteiger partial charge in [-0.25, -0.2) is 8.42 Å². The van der Waals surface area contributed by atoms with Crippen molar-refractivity contribution >= 4 is 37.7 Å². The number of methoxy groups -OCH3 is 1. The lowest BCUT2D eigenvalue weighted by Crippen LogP contribution is -2.30. The van der Waals surface area contributed by atoms with E-state index in [4.69, 9.17) is 4.74 Å². The Kier molecular flexibility index (Phi) is 5.01. The summed E-state index contributed by atoms with van der Waals surface area (Å²) in [4.78, 5) is 0.313. The fourth-order valence-corrected chi connectivity index (χ4v) is 6.33. The summed E-state index contributed by atoms with van der Waals surface area (Å²) in [6.45, 7) is 0.510. The van der Waals surface area contributed by atoms with Crippen molar-refractivity contribution in [2.45, 2.75) is 10.3 Å². The van der Waals surface area contributed by atoms with Gasteiger partial charge < -0.3 is 4.74 Å². The largest absolute Gasteiger partial charge is 0.497 e. The second-order valence-electron chi connectivity index (χ2n) is 5.07. The topological polar surface area (TPSA) is 46.6 Å². The SMILES string of the molecule is COc1ccc([C@@H]2SCCN2S(=O)(=O)c2cccc(Br)c2)cc1. The molecule has 0 radical (unpaired) electrons. The van der Waals surface area contributed by atoms with Gasteiger partial charge in [-0.2, -0.15) is 4.31 Å². The maximum absolute atomic E-state index is 13.0. The molecule has 0 bridgehead atoms. The molecular weight excluding hydrogens is 398 g/mol. The van der Waals surface area contributed by atoms with Crippen molar-refractivity contribution in [3.63, 3.8) is 0 Å². The summed E-state index contributed by atoms with van der Waals surface area (Å²) in [5, 5.41) is -0.204. The van der Waals surface area contributed by atoms with Crippen LogP contribution >= 0.6 is 27.7 Å². The van der Waals surface area contributed by atoms with Gasteiger partial charge in [-0.15, -0.1) is 11.8 Å². The average Bonchev–Trinajstić information content (AvgIpc) is 3.05. The van der Waals surface area contributed by atoms with Gasteiger partial charge in [0, 0.05) is 16.8 Å². The van der Waals surface area contributed by atoms with Crippen LogP contribution in [0.2, 0.25) is 0 Å². The van der Waals surface area contributed by atoms with Crippen LogP contribution in [0.1, 0.15) is 10.9 Å². The van der Waals surface area contributed by atoms with Crippen LogP contribution < -0.4 is 4.74 Å². The first-order chi connectivity index (χ1) is 11.0. The molecule has 1 saturated heterocycles. The number of sulfonamides is 1. The highest BCUT2D eigenvalue weighted by Gasteiger charge is 2.36. The van der Waals surface area contributed by atoms with Crippen molar-refractivity contribution in [2.75, 3.05) is 19.4 Å². The number of nitrogens with zero attached hydrogens (tertiary/aromatic N) is 1. The maximum atomic E-state index is 13.0.